The predicted molar refractivity (Wildman–Crippen MR) is 69.0 cm³/mol. The number of hydrogen-bond donors (Lipinski definition) is 1. The fourth-order valence-electron chi connectivity index (χ4n) is 5.46. The summed E-state index contributed by atoms with van der Waals surface area (Å²) in [5, 5.41) is 4.42. The Hall–Kier alpha value is -0.830. The van der Waals surface area contributed by atoms with Crippen molar-refractivity contribution in [2.24, 2.45) is 23.5 Å². The normalized spacial score (nSPS) is 41.6. The summed E-state index contributed by atoms with van der Waals surface area (Å²) in [5.74, 6) is 3.75. The Morgan fingerprint density at radius 1 is 1.17 bits per heavy atom. The summed E-state index contributed by atoms with van der Waals surface area (Å²) >= 11 is 0. The van der Waals surface area contributed by atoms with Gasteiger partial charge in [0.05, 0.1) is 12.2 Å². The van der Waals surface area contributed by atoms with Gasteiger partial charge in [-0.2, -0.15) is 0 Å². The molecule has 0 saturated heterocycles. The van der Waals surface area contributed by atoms with E-state index in [0.29, 0.717) is 12.0 Å². The van der Waals surface area contributed by atoms with Gasteiger partial charge in [-0.15, -0.1) is 0 Å². The van der Waals surface area contributed by atoms with E-state index in [1.807, 2.05) is 0 Å². The lowest BCUT2D eigenvalue weighted by Crippen LogP contribution is -2.49. The Kier molecular flexibility index (Phi) is 2.20. The van der Waals surface area contributed by atoms with Gasteiger partial charge in [0.25, 0.3) is 0 Å². The van der Waals surface area contributed by atoms with E-state index in [-0.39, 0.29) is 0 Å². The molecule has 0 atom stereocenters. The van der Waals surface area contributed by atoms with Gasteiger partial charge in [0.2, 0.25) is 0 Å². The molecule has 0 amide bonds. The molecule has 18 heavy (non-hydrogen) atoms. The molecular formula is C15H22N2O. The number of nitrogens with two attached hydrogens (primary N) is 1. The molecule has 5 rings (SSSR count). The van der Waals surface area contributed by atoms with Crippen LogP contribution in [0.4, 0.5) is 0 Å². The minimum Gasteiger partial charge on any atom is -0.359 e. The summed E-state index contributed by atoms with van der Waals surface area (Å²) in [6.07, 6.45) is 8.45. The predicted octanol–water partition coefficient (Wildman–Crippen LogP) is 2.91. The first-order chi connectivity index (χ1) is 8.70. The summed E-state index contributed by atoms with van der Waals surface area (Å²) in [7, 11) is 0. The van der Waals surface area contributed by atoms with Crippen LogP contribution >= 0.6 is 0 Å². The highest BCUT2D eigenvalue weighted by Crippen LogP contribution is 2.60. The Balaban J connectivity index is 1.76. The standard InChI is InChI=1S/C15H22N2O/c1-9-13(8-16)18-17-14(9)15-5-10-2-11(6-15)4-12(3-10)7-15/h10-12H,2-8,16H2,1H3. The molecule has 0 aromatic carbocycles. The molecule has 4 fully saturated rings. The van der Waals surface area contributed by atoms with Crippen molar-refractivity contribution >= 4 is 0 Å². The van der Waals surface area contributed by atoms with E-state index in [9.17, 15) is 0 Å². The topological polar surface area (TPSA) is 52.0 Å². The largest absolute Gasteiger partial charge is 0.359 e. The SMILES string of the molecule is Cc1c(C23CC4CC(CC(C4)C2)C3)noc1CN. The maximum absolute atomic E-state index is 5.72. The van der Waals surface area contributed by atoms with Gasteiger partial charge < -0.3 is 10.3 Å². The molecule has 4 saturated carbocycles. The van der Waals surface area contributed by atoms with E-state index in [1.54, 1.807) is 0 Å². The molecular weight excluding hydrogens is 224 g/mol. The van der Waals surface area contributed by atoms with Crippen LogP contribution in [0.1, 0.15) is 55.5 Å². The second-order valence-corrected chi connectivity index (χ2v) is 6.98. The van der Waals surface area contributed by atoms with Crippen LogP contribution in [0, 0.1) is 24.7 Å². The van der Waals surface area contributed by atoms with Gasteiger partial charge in [0.1, 0.15) is 0 Å². The van der Waals surface area contributed by atoms with E-state index in [2.05, 4.69) is 12.1 Å². The van der Waals surface area contributed by atoms with Gasteiger partial charge in [-0.3, -0.25) is 0 Å². The maximum Gasteiger partial charge on any atom is 0.153 e. The highest BCUT2D eigenvalue weighted by molar-refractivity contribution is 5.31. The second-order valence-electron chi connectivity index (χ2n) is 6.98. The highest BCUT2D eigenvalue weighted by Gasteiger charge is 2.53. The molecule has 2 N–H and O–H groups in total. The number of rotatable bonds is 2. The van der Waals surface area contributed by atoms with E-state index in [1.165, 1.54) is 49.8 Å². The fourth-order valence-corrected chi connectivity index (χ4v) is 5.46. The van der Waals surface area contributed by atoms with Crippen LogP contribution in [0.5, 0.6) is 0 Å². The van der Waals surface area contributed by atoms with E-state index in [4.69, 9.17) is 10.3 Å². The van der Waals surface area contributed by atoms with Crippen molar-refractivity contribution in [3.8, 4) is 0 Å². The first-order valence-electron chi connectivity index (χ1n) is 7.36. The van der Waals surface area contributed by atoms with Gasteiger partial charge in [-0.1, -0.05) is 5.16 Å². The van der Waals surface area contributed by atoms with Crippen LogP contribution in [-0.4, -0.2) is 5.16 Å². The van der Waals surface area contributed by atoms with Gasteiger partial charge in [0, 0.05) is 11.0 Å². The molecule has 0 unspecified atom stereocenters. The Bertz CT molecular complexity index is 442. The molecule has 1 aromatic rings. The van der Waals surface area contributed by atoms with Gasteiger partial charge in [-0.05, 0) is 63.2 Å². The molecule has 4 aliphatic carbocycles. The molecule has 1 aromatic heterocycles. The Labute approximate surface area is 108 Å². The third kappa shape index (κ3) is 1.37. The Morgan fingerprint density at radius 2 is 1.72 bits per heavy atom. The highest BCUT2D eigenvalue weighted by atomic mass is 16.5. The molecule has 4 aliphatic rings. The zero-order chi connectivity index (χ0) is 12.3. The minimum absolute atomic E-state index is 0.343. The average molecular weight is 246 g/mol. The molecule has 3 heteroatoms. The molecule has 0 radical (unpaired) electrons. The molecule has 4 bridgehead atoms. The van der Waals surface area contributed by atoms with Crippen molar-refractivity contribution < 1.29 is 4.52 Å². The lowest BCUT2D eigenvalue weighted by atomic mass is 9.48. The quantitative estimate of drug-likeness (QED) is 0.873. The lowest BCUT2D eigenvalue weighted by molar-refractivity contribution is -0.00871. The van der Waals surface area contributed by atoms with Crippen LogP contribution in [0.25, 0.3) is 0 Å². The number of nitrogens with zero attached hydrogens (tertiary/aromatic N) is 1. The number of hydrogen-bond acceptors (Lipinski definition) is 3. The zero-order valence-electron chi connectivity index (χ0n) is 11.1. The van der Waals surface area contributed by atoms with Crippen molar-refractivity contribution in [1.29, 1.82) is 0 Å². The zero-order valence-corrected chi connectivity index (χ0v) is 11.1. The van der Waals surface area contributed by atoms with Crippen LogP contribution in [0.2, 0.25) is 0 Å². The molecule has 0 spiro atoms. The second kappa shape index (κ2) is 3.60. The van der Waals surface area contributed by atoms with Crippen molar-refractivity contribution in [3.05, 3.63) is 17.0 Å². The van der Waals surface area contributed by atoms with Crippen molar-refractivity contribution in [3.63, 3.8) is 0 Å². The monoisotopic (exact) mass is 246 g/mol. The third-order valence-electron chi connectivity index (χ3n) is 5.75. The number of aromatic nitrogens is 1. The first kappa shape index (κ1) is 11.0. The summed E-state index contributed by atoms with van der Waals surface area (Å²) < 4.78 is 5.46. The minimum atomic E-state index is 0.343. The van der Waals surface area contributed by atoms with Crippen LogP contribution in [0.3, 0.4) is 0 Å². The average Bonchev–Trinajstić information content (AvgIpc) is 2.69. The van der Waals surface area contributed by atoms with Crippen LogP contribution in [0.15, 0.2) is 4.52 Å². The van der Waals surface area contributed by atoms with Crippen molar-refractivity contribution in [2.75, 3.05) is 0 Å². The smallest absolute Gasteiger partial charge is 0.153 e. The van der Waals surface area contributed by atoms with E-state index < -0.39 is 0 Å². The van der Waals surface area contributed by atoms with Gasteiger partial charge in [-0.25, -0.2) is 0 Å². The Morgan fingerprint density at radius 3 is 2.17 bits per heavy atom. The van der Waals surface area contributed by atoms with Crippen LogP contribution < -0.4 is 5.73 Å². The molecule has 0 aliphatic heterocycles. The summed E-state index contributed by atoms with van der Waals surface area (Å²) in [5.41, 5.74) is 8.55. The third-order valence-corrected chi connectivity index (χ3v) is 5.75. The lowest BCUT2D eigenvalue weighted by Gasteiger charge is -2.56. The van der Waals surface area contributed by atoms with E-state index >= 15 is 0 Å². The van der Waals surface area contributed by atoms with Gasteiger partial charge >= 0.3 is 0 Å². The fraction of sp³-hybridized carbons (Fsp3) is 0.800. The van der Waals surface area contributed by atoms with Gasteiger partial charge in [0.15, 0.2) is 5.76 Å². The summed E-state index contributed by atoms with van der Waals surface area (Å²) in [6, 6.07) is 0. The van der Waals surface area contributed by atoms with E-state index in [0.717, 1.165) is 23.5 Å². The maximum atomic E-state index is 5.72. The summed E-state index contributed by atoms with van der Waals surface area (Å²) in [6.45, 7) is 2.62. The molecule has 3 nitrogen and oxygen atoms in total. The molecule has 1 heterocycles. The first-order valence-corrected chi connectivity index (χ1v) is 7.36. The summed E-state index contributed by atoms with van der Waals surface area (Å²) in [4.78, 5) is 0. The molecule has 98 valence electrons. The van der Waals surface area contributed by atoms with Crippen molar-refractivity contribution in [1.82, 2.24) is 5.16 Å². The van der Waals surface area contributed by atoms with Crippen LogP contribution in [-0.2, 0) is 12.0 Å². The van der Waals surface area contributed by atoms with Crippen molar-refractivity contribution in [2.45, 2.75) is 57.4 Å².